The molecule has 2 aromatic carbocycles. The van der Waals surface area contributed by atoms with Gasteiger partial charge in [0.1, 0.15) is 0 Å². The average Bonchev–Trinajstić information content (AvgIpc) is 2.56. The van der Waals surface area contributed by atoms with E-state index in [2.05, 4.69) is 5.32 Å². The zero-order chi connectivity index (χ0) is 15.8. The number of benzene rings is 2. The Morgan fingerprint density at radius 1 is 1.05 bits per heavy atom. The Morgan fingerprint density at radius 3 is 2.32 bits per heavy atom. The van der Waals surface area contributed by atoms with Gasteiger partial charge in [-0.1, -0.05) is 61.5 Å². The van der Waals surface area contributed by atoms with Gasteiger partial charge in [-0.25, -0.2) is 0 Å². The molecule has 0 aromatic heterocycles. The van der Waals surface area contributed by atoms with Crippen molar-refractivity contribution in [1.29, 1.82) is 0 Å². The molecule has 0 spiro atoms. The third-order valence-electron chi connectivity index (χ3n) is 3.80. The van der Waals surface area contributed by atoms with Gasteiger partial charge >= 0.3 is 0 Å². The van der Waals surface area contributed by atoms with Crippen LogP contribution in [0.3, 0.4) is 0 Å². The van der Waals surface area contributed by atoms with Gasteiger partial charge in [0, 0.05) is 13.7 Å². The number of nitrogens with one attached hydrogen (secondary N) is 1. The van der Waals surface area contributed by atoms with E-state index in [4.69, 9.17) is 4.74 Å². The quantitative estimate of drug-likeness (QED) is 0.847. The Hall–Kier alpha value is -2.13. The van der Waals surface area contributed by atoms with Gasteiger partial charge in [-0.05, 0) is 23.1 Å². The van der Waals surface area contributed by atoms with Gasteiger partial charge in [0.25, 0.3) is 0 Å². The molecule has 1 N–H and O–H groups in total. The number of rotatable bonds is 7. The molecular weight excluding hydrogens is 274 g/mol. The molecule has 3 nitrogen and oxygen atoms in total. The highest BCUT2D eigenvalue weighted by Gasteiger charge is 2.18. The fourth-order valence-corrected chi connectivity index (χ4v) is 2.59. The van der Waals surface area contributed by atoms with Crippen LogP contribution >= 0.6 is 0 Å². The lowest BCUT2D eigenvalue weighted by Crippen LogP contribution is -2.29. The molecule has 0 aliphatic heterocycles. The number of ether oxygens (including phenoxy) is 1. The zero-order valence-corrected chi connectivity index (χ0v) is 13.2. The Labute approximate surface area is 132 Å². The second-order valence-electron chi connectivity index (χ2n) is 5.29. The Morgan fingerprint density at radius 2 is 1.68 bits per heavy atom. The van der Waals surface area contributed by atoms with Crippen molar-refractivity contribution in [3.05, 3.63) is 71.3 Å². The van der Waals surface area contributed by atoms with E-state index in [0.717, 1.165) is 23.1 Å². The highest BCUT2D eigenvalue weighted by molar-refractivity contribution is 5.83. The average molecular weight is 297 g/mol. The minimum atomic E-state index is -0.101. The molecule has 22 heavy (non-hydrogen) atoms. The van der Waals surface area contributed by atoms with Gasteiger partial charge in [-0.3, -0.25) is 4.79 Å². The number of carbonyl (C=O) groups excluding carboxylic acids is 1. The lowest BCUT2D eigenvalue weighted by atomic mass is 9.95. The highest BCUT2D eigenvalue weighted by Crippen LogP contribution is 2.19. The van der Waals surface area contributed by atoms with E-state index in [9.17, 15) is 4.79 Å². The number of hydrogen-bond donors (Lipinski definition) is 1. The summed E-state index contributed by atoms with van der Waals surface area (Å²) in [5.74, 6) is -0.0308. The summed E-state index contributed by atoms with van der Waals surface area (Å²) in [5.41, 5.74) is 3.27. The van der Waals surface area contributed by atoms with Crippen LogP contribution in [-0.2, 0) is 22.7 Å². The summed E-state index contributed by atoms with van der Waals surface area (Å²) in [6, 6.07) is 17.9. The summed E-state index contributed by atoms with van der Waals surface area (Å²) in [4.78, 5) is 12.5. The normalized spacial score (nSPS) is 11.9. The minimum Gasteiger partial charge on any atom is -0.380 e. The van der Waals surface area contributed by atoms with Crippen molar-refractivity contribution in [1.82, 2.24) is 5.32 Å². The van der Waals surface area contributed by atoms with Crippen LogP contribution in [0.4, 0.5) is 0 Å². The minimum absolute atomic E-state index is 0.0703. The molecule has 0 aliphatic carbocycles. The van der Waals surface area contributed by atoms with Crippen molar-refractivity contribution in [3.8, 4) is 0 Å². The molecule has 0 radical (unpaired) electrons. The first-order valence-electron chi connectivity index (χ1n) is 7.64. The SMILES string of the molecule is CCC(C(=O)NCc1ccccc1COC)c1ccccc1. The van der Waals surface area contributed by atoms with Crippen LogP contribution in [0.15, 0.2) is 54.6 Å². The van der Waals surface area contributed by atoms with Gasteiger partial charge in [0.2, 0.25) is 5.91 Å². The second kappa shape index (κ2) is 8.35. The van der Waals surface area contributed by atoms with Crippen molar-refractivity contribution >= 4 is 5.91 Å². The van der Waals surface area contributed by atoms with E-state index in [0.29, 0.717) is 13.2 Å². The summed E-state index contributed by atoms with van der Waals surface area (Å²) in [6.45, 7) is 3.12. The van der Waals surface area contributed by atoms with E-state index < -0.39 is 0 Å². The third kappa shape index (κ3) is 4.18. The molecule has 0 heterocycles. The van der Waals surface area contributed by atoms with Crippen LogP contribution in [0.25, 0.3) is 0 Å². The molecule has 2 rings (SSSR count). The van der Waals surface area contributed by atoms with Crippen molar-refractivity contribution in [2.24, 2.45) is 0 Å². The fraction of sp³-hybridized carbons (Fsp3) is 0.316. The monoisotopic (exact) mass is 297 g/mol. The summed E-state index contributed by atoms with van der Waals surface area (Å²) < 4.78 is 5.20. The van der Waals surface area contributed by atoms with Gasteiger partial charge < -0.3 is 10.1 Å². The van der Waals surface area contributed by atoms with Crippen LogP contribution in [0, 0.1) is 0 Å². The van der Waals surface area contributed by atoms with Crippen molar-refractivity contribution in [2.75, 3.05) is 7.11 Å². The first-order chi connectivity index (χ1) is 10.8. The van der Waals surface area contributed by atoms with Gasteiger partial charge in [-0.2, -0.15) is 0 Å². The predicted molar refractivity (Wildman–Crippen MR) is 88.5 cm³/mol. The van der Waals surface area contributed by atoms with Crippen LogP contribution in [0.1, 0.15) is 36.0 Å². The molecule has 1 amide bonds. The summed E-state index contributed by atoms with van der Waals surface area (Å²) >= 11 is 0. The first kappa shape index (κ1) is 16.2. The van der Waals surface area contributed by atoms with Crippen molar-refractivity contribution in [2.45, 2.75) is 32.4 Å². The Balaban J connectivity index is 2.03. The molecule has 0 saturated carbocycles. The maximum Gasteiger partial charge on any atom is 0.227 e. The van der Waals surface area contributed by atoms with Crippen LogP contribution in [0.2, 0.25) is 0 Å². The molecule has 0 saturated heterocycles. The van der Waals surface area contributed by atoms with Crippen molar-refractivity contribution in [3.63, 3.8) is 0 Å². The molecule has 0 bridgehead atoms. The summed E-state index contributed by atoms with van der Waals surface area (Å²) in [7, 11) is 1.68. The largest absolute Gasteiger partial charge is 0.380 e. The van der Waals surface area contributed by atoms with Crippen LogP contribution in [-0.4, -0.2) is 13.0 Å². The van der Waals surface area contributed by atoms with Gasteiger partial charge in [-0.15, -0.1) is 0 Å². The predicted octanol–water partition coefficient (Wildman–Crippen LogP) is 3.64. The fourth-order valence-electron chi connectivity index (χ4n) is 2.59. The number of amides is 1. The van der Waals surface area contributed by atoms with Gasteiger partial charge in [0.15, 0.2) is 0 Å². The Bertz CT molecular complexity index is 595. The van der Waals surface area contributed by atoms with E-state index >= 15 is 0 Å². The lowest BCUT2D eigenvalue weighted by Gasteiger charge is -2.16. The van der Waals surface area contributed by atoms with Crippen molar-refractivity contribution < 1.29 is 9.53 Å². The molecule has 2 aromatic rings. The number of methoxy groups -OCH3 is 1. The molecule has 3 heteroatoms. The zero-order valence-electron chi connectivity index (χ0n) is 13.2. The first-order valence-corrected chi connectivity index (χ1v) is 7.64. The standard InChI is InChI=1S/C19H23NO2/c1-3-18(15-9-5-4-6-10-15)19(21)20-13-16-11-7-8-12-17(16)14-22-2/h4-12,18H,3,13-14H2,1-2H3,(H,20,21). The molecule has 1 unspecified atom stereocenters. The van der Waals surface area contributed by atoms with Gasteiger partial charge in [0.05, 0.1) is 12.5 Å². The number of carbonyl (C=O) groups is 1. The molecular formula is C19H23NO2. The van der Waals surface area contributed by atoms with E-state index in [-0.39, 0.29) is 11.8 Å². The molecule has 116 valence electrons. The van der Waals surface area contributed by atoms with E-state index in [1.54, 1.807) is 7.11 Å². The third-order valence-corrected chi connectivity index (χ3v) is 3.80. The lowest BCUT2D eigenvalue weighted by molar-refractivity contribution is -0.122. The molecule has 1 atom stereocenters. The summed E-state index contributed by atoms with van der Waals surface area (Å²) in [6.07, 6.45) is 0.787. The maximum atomic E-state index is 12.5. The number of hydrogen-bond acceptors (Lipinski definition) is 2. The molecule has 0 fully saturated rings. The smallest absolute Gasteiger partial charge is 0.227 e. The summed E-state index contributed by atoms with van der Waals surface area (Å²) in [5, 5.41) is 3.05. The molecule has 0 aliphatic rings. The maximum absolute atomic E-state index is 12.5. The van der Waals surface area contributed by atoms with Crippen LogP contribution < -0.4 is 5.32 Å². The highest BCUT2D eigenvalue weighted by atomic mass is 16.5. The van der Waals surface area contributed by atoms with E-state index in [1.165, 1.54) is 0 Å². The van der Waals surface area contributed by atoms with Crippen LogP contribution in [0.5, 0.6) is 0 Å². The Kier molecular flexibility index (Phi) is 6.16. The van der Waals surface area contributed by atoms with E-state index in [1.807, 2.05) is 61.5 Å². The topological polar surface area (TPSA) is 38.3 Å². The second-order valence-corrected chi connectivity index (χ2v) is 5.29.